The molecule has 0 fully saturated rings. The van der Waals surface area contributed by atoms with Crippen LogP contribution < -0.4 is 10.9 Å². The first-order valence-electron chi connectivity index (χ1n) is 5.78. The van der Waals surface area contributed by atoms with Crippen LogP contribution in [0.5, 0.6) is 0 Å². The number of aromatic amines is 1. The molecule has 2 rings (SSSR count). The van der Waals surface area contributed by atoms with E-state index in [9.17, 15) is 14.9 Å². The zero-order valence-electron chi connectivity index (χ0n) is 10.3. The van der Waals surface area contributed by atoms with Crippen LogP contribution in [0.3, 0.4) is 0 Å². The van der Waals surface area contributed by atoms with Crippen molar-refractivity contribution in [2.75, 3.05) is 11.9 Å². The average molecular weight is 295 g/mol. The monoisotopic (exact) mass is 294 g/mol. The van der Waals surface area contributed by atoms with E-state index >= 15 is 0 Å². The number of nitrogens with one attached hydrogen (secondary N) is 2. The molecule has 1 aromatic heterocycles. The third kappa shape index (κ3) is 3.33. The van der Waals surface area contributed by atoms with Crippen LogP contribution in [0.15, 0.2) is 35.4 Å². The number of nitro benzene ring substituents is 1. The summed E-state index contributed by atoms with van der Waals surface area (Å²) in [5.74, 6) is 0.317. The molecule has 0 radical (unpaired) electrons. The molecule has 2 N–H and O–H groups in total. The van der Waals surface area contributed by atoms with E-state index in [2.05, 4.69) is 15.3 Å². The fraction of sp³-hybridized carbons (Fsp3) is 0.167. The van der Waals surface area contributed by atoms with Gasteiger partial charge in [0, 0.05) is 18.7 Å². The van der Waals surface area contributed by atoms with Crippen LogP contribution in [-0.2, 0) is 6.42 Å². The molecule has 7 nitrogen and oxygen atoms in total. The van der Waals surface area contributed by atoms with Gasteiger partial charge in [0.2, 0.25) is 0 Å². The second kappa shape index (κ2) is 6.16. The van der Waals surface area contributed by atoms with Gasteiger partial charge in [-0.05, 0) is 12.0 Å². The number of benzene rings is 1. The molecule has 8 heteroatoms. The minimum absolute atomic E-state index is 0.0104. The predicted molar refractivity (Wildman–Crippen MR) is 75.2 cm³/mol. The molecule has 1 heterocycles. The van der Waals surface area contributed by atoms with E-state index < -0.39 is 10.5 Å². The Hall–Kier alpha value is -2.41. The van der Waals surface area contributed by atoms with Crippen LogP contribution in [0.2, 0.25) is 5.02 Å². The Balaban J connectivity index is 1.94. The summed E-state index contributed by atoms with van der Waals surface area (Å²) in [6.45, 7) is 0.508. The molecule has 104 valence electrons. The molecular formula is C12H11ClN4O3. The Kier molecular flexibility index (Phi) is 4.31. The highest BCUT2D eigenvalue weighted by atomic mass is 35.5. The number of hydrogen-bond donors (Lipinski definition) is 2. The van der Waals surface area contributed by atoms with Crippen molar-refractivity contribution in [1.29, 1.82) is 0 Å². The molecule has 20 heavy (non-hydrogen) atoms. The van der Waals surface area contributed by atoms with Gasteiger partial charge < -0.3 is 10.3 Å². The zero-order valence-corrected chi connectivity index (χ0v) is 11.1. The SMILES string of the molecule is O=c1[nH]cnc(NCCc2ccc([N+](=O)[O-])cc2)c1Cl. The van der Waals surface area contributed by atoms with Crippen molar-refractivity contribution < 1.29 is 4.92 Å². The summed E-state index contributed by atoms with van der Waals surface area (Å²) in [7, 11) is 0. The van der Waals surface area contributed by atoms with Crippen molar-refractivity contribution in [3.8, 4) is 0 Å². The van der Waals surface area contributed by atoms with Crippen molar-refractivity contribution in [2.24, 2.45) is 0 Å². The van der Waals surface area contributed by atoms with E-state index in [1.54, 1.807) is 12.1 Å². The average Bonchev–Trinajstić information content (AvgIpc) is 2.44. The van der Waals surface area contributed by atoms with Gasteiger partial charge in [0.15, 0.2) is 5.82 Å². The van der Waals surface area contributed by atoms with Crippen LogP contribution in [0.4, 0.5) is 11.5 Å². The standard InChI is InChI=1S/C12H11ClN4O3/c13-10-11(15-7-16-12(10)18)14-6-5-8-1-3-9(4-2-8)17(19)20/h1-4,7H,5-6H2,(H2,14,15,16,18). The molecule has 0 aliphatic carbocycles. The minimum Gasteiger partial charge on any atom is -0.368 e. The molecule has 0 bridgehead atoms. The maximum atomic E-state index is 11.2. The van der Waals surface area contributed by atoms with Crippen LogP contribution >= 0.6 is 11.6 Å². The molecule has 0 amide bonds. The molecule has 0 unspecified atom stereocenters. The molecule has 0 aliphatic rings. The Morgan fingerprint density at radius 1 is 1.35 bits per heavy atom. The molecule has 0 saturated heterocycles. The topological polar surface area (TPSA) is 101 Å². The highest BCUT2D eigenvalue weighted by Gasteiger charge is 2.06. The van der Waals surface area contributed by atoms with Gasteiger partial charge in [-0.1, -0.05) is 23.7 Å². The minimum atomic E-state index is -0.442. The number of rotatable bonds is 5. The van der Waals surface area contributed by atoms with Crippen LogP contribution in [0, 0.1) is 10.1 Å². The molecule has 1 aromatic carbocycles. The summed E-state index contributed by atoms with van der Waals surface area (Å²) >= 11 is 5.79. The first-order chi connectivity index (χ1) is 9.58. The Labute approximate surface area is 118 Å². The first kappa shape index (κ1) is 14.0. The third-order valence-corrected chi connectivity index (χ3v) is 3.00. The van der Waals surface area contributed by atoms with Gasteiger partial charge in [-0.3, -0.25) is 14.9 Å². The van der Waals surface area contributed by atoms with Crippen molar-refractivity contribution in [3.05, 3.63) is 61.6 Å². The number of nitro groups is 1. The zero-order chi connectivity index (χ0) is 14.5. The smallest absolute Gasteiger partial charge is 0.271 e. The summed E-state index contributed by atoms with van der Waals surface area (Å²) in [6, 6.07) is 6.28. The van der Waals surface area contributed by atoms with Crippen molar-refractivity contribution in [2.45, 2.75) is 6.42 Å². The van der Waals surface area contributed by atoms with E-state index in [-0.39, 0.29) is 10.7 Å². The van der Waals surface area contributed by atoms with Crippen LogP contribution in [0.25, 0.3) is 0 Å². The maximum absolute atomic E-state index is 11.2. The van der Waals surface area contributed by atoms with Gasteiger partial charge in [0.1, 0.15) is 5.02 Å². The summed E-state index contributed by atoms with van der Waals surface area (Å²) in [5, 5.41) is 13.5. The second-order valence-electron chi connectivity index (χ2n) is 3.99. The fourth-order valence-electron chi connectivity index (χ4n) is 1.62. The summed E-state index contributed by atoms with van der Waals surface area (Å²) < 4.78 is 0. The molecule has 0 atom stereocenters. The van der Waals surface area contributed by atoms with Crippen molar-refractivity contribution in [3.63, 3.8) is 0 Å². The van der Waals surface area contributed by atoms with Gasteiger partial charge in [-0.25, -0.2) is 4.98 Å². The number of hydrogen-bond acceptors (Lipinski definition) is 5. The second-order valence-corrected chi connectivity index (χ2v) is 4.37. The van der Waals surface area contributed by atoms with E-state index in [1.165, 1.54) is 18.5 Å². The van der Waals surface area contributed by atoms with E-state index in [0.717, 1.165) is 5.56 Å². The normalized spacial score (nSPS) is 10.2. The van der Waals surface area contributed by atoms with Crippen LogP contribution in [0.1, 0.15) is 5.56 Å². The third-order valence-electron chi connectivity index (χ3n) is 2.65. The van der Waals surface area contributed by atoms with Crippen LogP contribution in [-0.4, -0.2) is 21.4 Å². The summed E-state index contributed by atoms with van der Waals surface area (Å²) in [6.07, 6.45) is 1.89. The van der Waals surface area contributed by atoms with Gasteiger partial charge in [0.05, 0.1) is 11.3 Å². The fourth-order valence-corrected chi connectivity index (χ4v) is 1.79. The first-order valence-corrected chi connectivity index (χ1v) is 6.16. The van der Waals surface area contributed by atoms with E-state index in [1.807, 2.05) is 0 Å². The number of H-pyrrole nitrogens is 1. The lowest BCUT2D eigenvalue weighted by Crippen LogP contribution is -2.13. The highest BCUT2D eigenvalue weighted by Crippen LogP contribution is 2.14. The molecule has 0 aliphatic heterocycles. The number of aromatic nitrogens is 2. The Bertz CT molecular complexity index is 669. The largest absolute Gasteiger partial charge is 0.368 e. The maximum Gasteiger partial charge on any atom is 0.271 e. The molecule has 2 aromatic rings. The quantitative estimate of drug-likeness (QED) is 0.648. The van der Waals surface area contributed by atoms with E-state index in [4.69, 9.17) is 11.6 Å². The number of anilines is 1. The lowest BCUT2D eigenvalue weighted by molar-refractivity contribution is -0.384. The molecular weight excluding hydrogens is 284 g/mol. The van der Waals surface area contributed by atoms with Crippen molar-refractivity contribution in [1.82, 2.24) is 9.97 Å². The summed E-state index contributed by atoms with van der Waals surface area (Å²) in [5.41, 5.74) is 0.588. The van der Waals surface area contributed by atoms with Gasteiger partial charge in [-0.15, -0.1) is 0 Å². The number of nitrogens with zero attached hydrogens (tertiary/aromatic N) is 2. The van der Waals surface area contributed by atoms with Gasteiger partial charge in [-0.2, -0.15) is 0 Å². The predicted octanol–water partition coefficient (Wildman–Crippen LogP) is 1.99. The lowest BCUT2D eigenvalue weighted by atomic mass is 10.1. The Morgan fingerprint density at radius 2 is 2.05 bits per heavy atom. The molecule has 0 spiro atoms. The molecule has 0 saturated carbocycles. The van der Waals surface area contributed by atoms with Gasteiger partial charge >= 0.3 is 0 Å². The van der Waals surface area contributed by atoms with Gasteiger partial charge in [0.25, 0.3) is 11.2 Å². The lowest BCUT2D eigenvalue weighted by Gasteiger charge is -2.06. The van der Waals surface area contributed by atoms with Crippen molar-refractivity contribution >= 4 is 23.1 Å². The number of halogens is 1. The summed E-state index contributed by atoms with van der Waals surface area (Å²) in [4.78, 5) is 27.6. The number of non-ortho nitro benzene ring substituents is 1. The Morgan fingerprint density at radius 3 is 2.70 bits per heavy atom. The van der Waals surface area contributed by atoms with E-state index in [0.29, 0.717) is 18.8 Å². The highest BCUT2D eigenvalue weighted by molar-refractivity contribution is 6.32.